The predicted molar refractivity (Wildman–Crippen MR) is 98.2 cm³/mol. The molecule has 1 aliphatic rings. The summed E-state index contributed by atoms with van der Waals surface area (Å²) in [7, 11) is 0. The van der Waals surface area contributed by atoms with Crippen LogP contribution in [0.25, 0.3) is 0 Å². The van der Waals surface area contributed by atoms with Gasteiger partial charge in [-0.15, -0.1) is 0 Å². The predicted octanol–water partition coefficient (Wildman–Crippen LogP) is 5.38. The Bertz CT molecular complexity index is 791. The van der Waals surface area contributed by atoms with Crippen molar-refractivity contribution in [2.75, 3.05) is 31.1 Å². The van der Waals surface area contributed by atoms with E-state index in [-0.39, 0.29) is 0 Å². The minimum Gasteiger partial charge on any atom is -0.354 e. The van der Waals surface area contributed by atoms with Crippen LogP contribution in [0, 0.1) is 0 Å². The van der Waals surface area contributed by atoms with Gasteiger partial charge in [-0.2, -0.15) is 13.2 Å². The summed E-state index contributed by atoms with van der Waals surface area (Å²) >= 11 is 17.8. The number of halogens is 6. The van der Waals surface area contributed by atoms with Crippen molar-refractivity contribution < 1.29 is 13.2 Å². The van der Waals surface area contributed by atoms with E-state index in [0.717, 1.165) is 24.7 Å². The quantitative estimate of drug-likeness (QED) is 0.617. The summed E-state index contributed by atoms with van der Waals surface area (Å²) in [4.78, 5) is 8.06. The molecular weight excluding hydrogens is 410 g/mol. The fraction of sp³-hybridized carbons (Fsp3) is 0.353. The minimum atomic E-state index is -4.50. The number of piperazine rings is 1. The number of benzene rings is 1. The van der Waals surface area contributed by atoms with Gasteiger partial charge in [0.25, 0.3) is 0 Å². The number of pyridine rings is 1. The highest BCUT2D eigenvalue weighted by Gasteiger charge is 2.34. The second-order valence-electron chi connectivity index (χ2n) is 6.00. The summed E-state index contributed by atoms with van der Waals surface area (Å²) in [5.41, 5.74) is 0.0687. The normalized spacial score (nSPS) is 16.2. The maximum Gasteiger partial charge on any atom is 0.419 e. The second-order valence-corrected chi connectivity index (χ2v) is 7.21. The summed E-state index contributed by atoms with van der Waals surface area (Å²) in [5, 5.41) is 0.690. The average Bonchev–Trinajstić information content (AvgIpc) is 2.57. The van der Waals surface area contributed by atoms with Crippen molar-refractivity contribution in [1.29, 1.82) is 0 Å². The van der Waals surface area contributed by atoms with Crippen molar-refractivity contribution in [3.63, 3.8) is 0 Å². The zero-order valence-corrected chi connectivity index (χ0v) is 15.8. The lowest BCUT2D eigenvalue weighted by molar-refractivity contribution is -0.137. The molecule has 2 heterocycles. The number of hydrogen-bond donors (Lipinski definition) is 0. The van der Waals surface area contributed by atoms with Gasteiger partial charge in [-0.05, 0) is 29.8 Å². The Morgan fingerprint density at radius 1 is 0.962 bits per heavy atom. The van der Waals surface area contributed by atoms with Crippen LogP contribution in [0.3, 0.4) is 0 Å². The van der Waals surface area contributed by atoms with E-state index < -0.39 is 16.9 Å². The largest absolute Gasteiger partial charge is 0.419 e. The van der Waals surface area contributed by atoms with E-state index in [1.54, 1.807) is 12.1 Å². The SMILES string of the molecule is FC(F)(F)c1ccc(N2CCN(Cc3ccc(Cl)cc3Cl)CC2)nc1Cl. The Morgan fingerprint density at radius 2 is 1.65 bits per heavy atom. The average molecular weight is 425 g/mol. The maximum atomic E-state index is 12.8. The zero-order valence-electron chi connectivity index (χ0n) is 13.5. The second kappa shape index (κ2) is 7.80. The molecule has 0 unspecified atom stereocenters. The lowest BCUT2D eigenvalue weighted by Gasteiger charge is -2.35. The summed E-state index contributed by atoms with van der Waals surface area (Å²) in [6.07, 6.45) is -4.50. The summed E-state index contributed by atoms with van der Waals surface area (Å²) in [6.45, 7) is 3.43. The van der Waals surface area contributed by atoms with Gasteiger partial charge in [0, 0.05) is 42.8 Å². The van der Waals surface area contributed by atoms with Gasteiger partial charge < -0.3 is 4.90 Å². The van der Waals surface area contributed by atoms with Gasteiger partial charge in [0.15, 0.2) is 0 Å². The molecule has 3 rings (SSSR count). The number of alkyl halides is 3. The third-order valence-corrected chi connectivity index (χ3v) is 5.12. The van der Waals surface area contributed by atoms with Gasteiger partial charge in [0.2, 0.25) is 0 Å². The monoisotopic (exact) mass is 423 g/mol. The Hall–Kier alpha value is -1.21. The van der Waals surface area contributed by atoms with Crippen LogP contribution in [0.4, 0.5) is 19.0 Å². The van der Waals surface area contributed by atoms with Gasteiger partial charge in [-0.1, -0.05) is 40.9 Å². The Kier molecular flexibility index (Phi) is 5.87. The van der Waals surface area contributed by atoms with Crippen molar-refractivity contribution in [1.82, 2.24) is 9.88 Å². The van der Waals surface area contributed by atoms with Crippen LogP contribution < -0.4 is 4.90 Å². The highest BCUT2D eigenvalue weighted by atomic mass is 35.5. The first-order chi connectivity index (χ1) is 12.2. The van der Waals surface area contributed by atoms with E-state index in [2.05, 4.69) is 9.88 Å². The van der Waals surface area contributed by atoms with Gasteiger partial charge >= 0.3 is 6.18 Å². The molecule has 0 N–H and O–H groups in total. The van der Waals surface area contributed by atoms with Gasteiger partial charge in [0.05, 0.1) is 5.56 Å². The van der Waals surface area contributed by atoms with Crippen LogP contribution in [-0.4, -0.2) is 36.1 Å². The van der Waals surface area contributed by atoms with Crippen LogP contribution in [0.2, 0.25) is 15.2 Å². The van der Waals surface area contributed by atoms with E-state index in [4.69, 9.17) is 34.8 Å². The summed E-state index contributed by atoms with van der Waals surface area (Å²) in [6, 6.07) is 7.75. The number of nitrogens with zero attached hydrogens (tertiary/aromatic N) is 3. The number of hydrogen-bond acceptors (Lipinski definition) is 3. The highest BCUT2D eigenvalue weighted by molar-refractivity contribution is 6.35. The van der Waals surface area contributed by atoms with E-state index in [1.165, 1.54) is 6.07 Å². The lowest BCUT2D eigenvalue weighted by atomic mass is 10.2. The molecule has 0 bridgehead atoms. The molecule has 0 aliphatic carbocycles. The van der Waals surface area contributed by atoms with E-state index >= 15 is 0 Å². The third-order valence-electron chi connectivity index (χ3n) is 4.24. The molecule has 1 aromatic heterocycles. The van der Waals surface area contributed by atoms with Crippen LogP contribution in [-0.2, 0) is 12.7 Å². The van der Waals surface area contributed by atoms with Gasteiger partial charge in [0.1, 0.15) is 11.0 Å². The van der Waals surface area contributed by atoms with Crippen molar-refractivity contribution in [2.45, 2.75) is 12.7 Å². The molecule has 26 heavy (non-hydrogen) atoms. The molecule has 1 fully saturated rings. The fourth-order valence-electron chi connectivity index (χ4n) is 2.84. The molecule has 0 spiro atoms. The topological polar surface area (TPSA) is 19.4 Å². The van der Waals surface area contributed by atoms with Crippen molar-refractivity contribution in [2.24, 2.45) is 0 Å². The Labute approximate surface area is 164 Å². The molecule has 1 aliphatic heterocycles. The Balaban J connectivity index is 1.62. The standard InChI is InChI=1S/C17H15Cl3F3N3/c18-12-2-1-11(14(19)9-12)10-25-5-7-26(8-6-25)15-4-3-13(16(20)24-15)17(21,22)23/h1-4,9H,5-8,10H2. The molecule has 0 amide bonds. The molecule has 0 atom stereocenters. The fourth-order valence-corrected chi connectivity index (χ4v) is 3.56. The molecular formula is C17H15Cl3F3N3. The number of anilines is 1. The molecule has 1 saturated heterocycles. The first kappa shape index (κ1) is 19.5. The Morgan fingerprint density at radius 3 is 2.23 bits per heavy atom. The van der Waals surface area contributed by atoms with E-state index in [9.17, 15) is 13.2 Å². The molecule has 140 valence electrons. The lowest BCUT2D eigenvalue weighted by Crippen LogP contribution is -2.46. The highest BCUT2D eigenvalue weighted by Crippen LogP contribution is 2.34. The maximum absolute atomic E-state index is 12.8. The van der Waals surface area contributed by atoms with E-state index in [0.29, 0.717) is 35.5 Å². The smallest absolute Gasteiger partial charge is 0.354 e. The van der Waals surface area contributed by atoms with Gasteiger partial charge in [-0.3, -0.25) is 4.90 Å². The van der Waals surface area contributed by atoms with Crippen LogP contribution in [0.5, 0.6) is 0 Å². The van der Waals surface area contributed by atoms with Crippen LogP contribution in [0.15, 0.2) is 30.3 Å². The van der Waals surface area contributed by atoms with Crippen molar-refractivity contribution in [3.8, 4) is 0 Å². The van der Waals surface area contributed by atoms with E-state index in [1.807, 2.05) is 11.0 Å². The summed E-state index contributed by atoms with van der Waals surface area (Å²) < 4.78 is 38.3. The number of aromatic nitrogens is 1. The minimum absolute atomic E-state index is 0.451. The molecule has 3 nitrogen and oxygen atoms in total. The van der Waals surface area contributed by atoms with Crippen molar-refractivity contribution >= 4 is 40.6 Å². The molecule has 1 aromatic carbocycles. The van der Waals surface area contributed by atoms with Crippen LogP contribution >= 0.6 is 34.8 Å². The molecule has 0 radical (unpaired) electrons. The third kappa shape index (κ3) is 4.55. The molecule has 0 saturated carbocycles. The van der Waals surface area contributed by atoms with Gasteiger partial charge in [-0.25, -0.2) is 4.98 Å². The number of rotatable bonds is 3. The molecule has 9 heteroatoms. The first-order valence-electron chi connectivity index (χ1n) is 7.89. The summed E-state index contributed by atoms with van der Waals surface area (Å²) in [5.74, 6) is 0.451. The zero-order chi connectivity index (χ0) is 18.9. The van der Waals surface area contributed by atoms with Crippen molar-refractivity contribution in [3.05, 3.63) is 56.7 Å². The molecule has 2 aromatic rings. The van der Waals surface area contributed by atoms with Crippen LogP contribution in [0.1, 0.15) is 11.1 Å². The first-order valence-corrected chi connectivity index (χ1v) is 9.02.